The Kier molecular flexibility index (Phi) is 6.78. The second-order valence-electron chi connectivity index (χ2n) is 7.42. The van der Waals surface area contributed by atoms with Gasteiger partial charge in [-0.15, -0.1) is 0 Å². The summed E-state index contributed by atoms with van der Waals surface area (Å²) in [4.78, 5) is 29.0. The van der Waals surface area contributed by atoms with Gasteiger partial charge >= 0.3 is 5.97 Å². The number of halogens is 2. The molecule has 1 heterocycles. The number of benzene rings is 3. The van der Waals surface area contributed by atoms with Crippen LogP contribution < -0.4 is 4.90 Å². The first-order valence-electron chi connectivity index (χ1n) is 10.1. The van der Waals surface area contributed by atoms with E-state index < -0.39 is 22.5 Å². The zero-order valence-electron chi connectivity index (χ0n) is 18.0. The Morgan fingerprint density at radius 1 is 1.09 bits per heavy atom. The van der Waals surface area contributed by atoms with Crippen LogP contribution in [0.4, 0.5) is 20.2 Å². The molecule has 0 bridgehead atoms. The van der Waals surface area contributed by atoms with Crippen molar-refractivity contribution in [2.24, 2.45) is 0 Å². The van der Waals surface area contributed by atoms with Crippen LogP contribution in [0.5, 0.6) is 0 Å². The van der Waals surface area contributed by atoms with Gasteiger partial charge < -0.3 is 14.6 Å². The quantitative estimate of drug-likeness (QED) is 0.197. The fourth-order valence-electron chi connectivity index (χ4n) is 3.56. The minimum absolute atomic E-state index is 0.0186. The predicted molar refractivity (Wildman–Crippen MR) is 125 cm³/mol. The van der Waals surface area contributed by atoms with Gasteiger partial charge in [0, 0.05) is 46.4 Å². The van der Waals surface area contributed by atoms with Crippen LogP contribution in [0.1, 0.15) is 5.56 Å². The normalized spacial score (nSPS) is 10.9. The molecule has 0 spiro atoms. The molecule has 0 atom stereocenters. The van der Waals surface area contributed by atoms with Crippen LogP contribution in [-0.4, -0.2) is 29.5 Å². The second kappa shape index (κ2) is 9.92. The number of hydrogen-bond donors (Lipinski definition) is 1. The van der Waals surface area contributed by atoms with Gasteiger partial charge in [-0.05, 0) is 42.0 Å². The molecular formula is C24H19F2N3O4S. The number of aromatic amines is 1. The summed E-state index contributed by atoms with van der Waals surface area (Å²) in [6.45, 7) is -0.0491. The van der Waals surface area contributed by atoms with Gasteiger partial charge in [0.2, 0.25) is 0 Å². The maximum Gasteiger partial charge on any atom is 0.325 e. The molecule has 4 rings (SSSR count). The summed E-state index contributed by atoms with van der Waals surface area (Å²) in [7, 11) is 1.27. The zero-order valence-corrected chi connectivity index (χ0v) is 18.8. The molecule has 0 saturated heterocycles. The summed E-state index contributed by atoms with van der Waals surface area (Å²) in [5.41, 5.74) is 1.75. The molecule has 1 aromatic heterocycles. The van der Waals surface area contributed by atoms with Gasteiger partial charge in [0.1, 0.15) is 18.2 Å². The molecule has 4 aromatic rings. The number of esters is 1. The lowest BCUT2D eigenvalue weighted by molar-refractivity contribution is -0.387. The van der Waals surface area contributed by atoms with E-state index in [0.29, 0.717) is 16.1 Å². The van der Waals surface area contributed by atoms with E-state index in [9.17, 15) is 23.7 Å². The van der Waals surface area contributed by atoms with Gasteiger partial charge in [0.05, 0.1) is 16.9 Å². The lowest BCUT2D eigenvalue weighted by Crippen LogP contribution is -2.30. The molecule has 0 amide bonds. The van der Waals surface area contributed by atoms with Crippen molar-refractivity contribution in [3.8, 4) is 0 Å². The third-order valence-electron chi connectivity index (χ3n) is 5.12. The minimum Gasteiger partial charge on any atom is -0.468 e. The first kappa shape index (κ1) is 23.2. The summed E-state index contributed by atoms with van der Waals surface area (Å²) < 4.78 is 32.1. The molecule has 0 aliphatic carbocycles. The first-order valence-corrected chi connectivity index (χ1v) is 10.9. The number of anilines is 1. The van der Waals surface area contributed by atoms with Crippen LogP contribution in [0, 0.1) is 21.7 Å². The van der Waals surface area contributed by atoms with E-state index in [2.05, 4.69) is 4.98 Å². The Bertz CT molecular complexity index is 1360. The van der Waals surface area contributed by atoms with Crippen LogP contribution in [0.3, 0.4) is 0 Å². The fraction of sp³-hybridized carbons (Fsp3) is 0.125. The van der Waals surface area contributed by atoms with Gasteiger partial charge in [0.25, 0.3) is 5.69 Å². The topological polar surface area (TPSA) is 88.5 Å². The number of nitro groups is 1. The number of nitro benzene ring substituents is 1. The SMILES string of the molecule is COC(=O)CN(Cc1cc(F)cc(F)c1)c1ccc2c(Sc3ccccc3[N+](=O)[O-])c[nH]c2c1. The number of para-hydroxylation sites is 1. The second-order valence-corrected chi connectivity index (χ2v) is 8.50. The summed E-state index contributed by atoms with van der Waals surface area (Å²) in [5.74, 6) is -1.91. The number of carbonyl (C=O) groups excluding carboxylic acids is 1. The van der Waals surface area contributed by atoms with Gasteiger partial charge in [-0.2, -0.15) is 0 Å². The molecule has 0 aliphatic rings. The zero-order chi connectivity index (χ0) is 24.2. The maximum atomic E-state index is 13.7. The summed E-state index contributed by atoms with van der Waals surface area (Å²) >= 11 is 1.27. The standard InChI is InChI=1S/C24H19F2N3O4S/c1-33-24(30)14-28(13-15-8-16(25)10-17(26)9-15)18-6-7-19-20(11-18)27-12-23(19)34-22-5-3-2-4-21(22)29(31)32/h2-12,27H,13-14H2,1H3. The Hall–Kier alpha value is -3.92. The van der Waals surface area contributed by atoms with Crippen molar-refractivity contribution in [3.63, 3.8) is 0 Å². The highest BCUT2D eigenvalue weighted by molar-refractivity contribution is 7.99. The summed E-state index contributed by atoms with van der Waals surface area (Å²) in [6, 6.07) is 15.1. The number of ether oxygens (including phenoxy) is 1. The Morgan fingerprint density at radius 3 is 2.53 bits per heavy atom. The number of aromatic nitrogens is 1. The molecule has 7 nitrogen and oxygen atoms in total. The highest BCUT2D eigenvalue weighted by Crippen LogP contribution is 2.39. The minimum atomic E-state index is -0.704. The van der Waals surface area contributed by atoms with Gasteiger partial charge in [0.15, 0.2) is 0 Å². The third kappa shape index (κ3) is 5.18. The van der Waals surface area contributed by atoms with Crippen molar-refractivity contribution in [2.75, 3.05) is 18.6 Å². The molecular weight excluding hydrogens is 464 g/mol. The van der Waals surface area contributed by atoms with Crippen molar-refractivity contribution in [1.82, 2.24) is 4.98 Å². The number of hydrogen-bond acceptors (Lipinski definition) is 6. The van der Waals surface area contributed by atoms with E-state index in [-0.39, 0.29) is 18.8 Å². The molecule has 0 aliphatic heterocycles. The predicted octanol–water partition coefficient (Wildman–Crippen LogP) is 5.69. The van der Waals surface area contributed by atoms with Crippen LogP contribution in [-0.2, 0) is 16.1 Å². The smallest absolute Gasteiger partial charge is 0.325 e. The lowest BCUT2D eigenvalue weighted by atomic mass is 10.1. The molecule has 3 aromatic carbocycles. The Labute approximate surface area is 197 Å². The number of rotatable bonds is 8. The van der Waals surface area contributed by atoms with Crippen LogP contribution in [0.2, 0.25) is 0 Å². The van der Waals surface area contributed by atoms with Crippen molar-refractivity contribution >= 4 is 40.0 Å². The molecule has 0 fully saturated rings. The van der Waals surface area contributed by atoms with E-state index in [0.717, 1.165) is 21.9 Å². The van der Waals surface area contributed by atoms with Crippen molar-refractivity contribution in [2.45, 2.75) is 16.3 Å². The van der Waals surface area contributed by atoms with E-state index in [1.54, 1.807) is 41.4 Å². The van der Waals surface area contributed by atoms with Crippen LogP contribution >= 0.6 is 11.8 Å². The lowest BCUT2D eigenvalue weighted by Gasteiger charge is -2.24. The van der Waals surface area contributed by atoms with E-state index in [1.807, 2.05) is 6.07 Å². The summed E-state index contributed by atoms with van der Waals surface area (Å²) in [6.07, 6.45) is 1.75. The number of methoxy groups -OCH3 is 1. The Balaban J connectivity index is 1.65. The van der Waals surface area contributed by atoms with E-state index in [1.165, 1.54) is 37.1 Å². The highest BCUT2D eigenvalue weighted by Gasteiger charge is 2.18. The van der Waals surface area contributed by atoms with Crippen LogP contribution in [0.25, 0.3) is 10.9 Å². The molecule has 0 radical (unpaired) electrons. The number of H-pyrrole nitrogens is 1. The van der Waals surface area contributed by atoms with Crippen molar-refractivity contribution in [3.05, 3.63) is 94.2 Å². The maximum absolute atomic E-state index is 13.7. The van der Waals surface area contributed by atoms with E-state index in [4.69, 9.17) is 4.74 Å². The monoisotopic (exact) mass is 483 g/mol. The average molecular weight is 483 g/mol. The van der Waals surface area contributed by atoms with Crippen molar-refractivity contribution < 1.29 is 23.2 Å². The fourth-order valence-corrected chi connectivity index (χ4v) is 4.60. The number of nitrogens with one attached hydrogen (secondary N) is 1. The molecule has 174 valence electrons. The number of carbonyl (C=O) groups is 1. The van der Waals surface area contributed by atoms with Gasteiger partial charge in [-0.3, -0.25) is 14.9 Å². The van der Waals surface area contributed by atoms with Gasteiger partial charge in [-0.1, -0.05) is 23.9 Å². The number of fused-ring (bicyclic) bond motifs is 1. The van der Waals surface area contributed by atoms with E-state index >= 15 is 0 Å². The molecule has 1 N–H and O–H groups in total. The first-order chi connectivity index (χ1) is 16.3. The highest BCUT2D eigenvalue weighted by atomic mass is 32.2. The van der Waals surface area contributed by atoms with Gasteiger partial charge in [-0.25, -0.2) is 8.78 Å². The summed E-state index contributed by atoms with van der Waals surface area (Å²) in [5, 5.41) is 12.2. The third-order valence-corrected chi connectivity index (χ3v) is 6.24. The average Bonchev–Trinajstić information content (AvgIpc) is 3.20. The molecule has 10 heteroatoms. The molecule has 0 saturated carbocycles. The molecule has 0 unspecified atom stereocenters. The van der Waals surface area contributed by atoms with Crippen molar-refractivity contribution in [1.29, 1.82) is 0 Å². The Morgan fingerprint density at radius 2 is 1.82 bits per heavy atom. The largest absolute Gasteiger partial charge is 0.468 e. The number of nitrogens with zero attached hydrogens (tertiary/aromatic N) is 2. The van der Waals surface area contributed by atoms with Crippen LogP contribution in [0.15, 0.2) is 76.7 Å². The molecule has 34 heavy (non-hydrogen) atoms.